The smallest absolute Gasteiger partial charge is 0.252 e. The van der Waals surface area contributed by atoms with Gasteiger partial charge >= 0.3 is 0 Å². The van der Waals surface area contributed by atoms with Crippen LogP contribution in [0.15, 0.2) is 170 Å². The van der Waals surface area contributed by atoms with Crippen LogP contribution in [0.5, 0.6) is 0 Å². The third-order valence-corrected chi connectivity index (χ3v) is 13.5. The summed E-state index contributed by atoms with van der Waals surface area (Å²) in [6.45, 7) is 18.4. The predicted molar refractivity (Wildman–Crippen MR) is 269 cm³/mol. The van der Waals surface area contributed by atoms with Crippen molar-refractivity contribution in [3.05, 3.63) is 198 Å². The normalized spacial score (nSPS) is 12.9. The lowest BCUT2D eigenvalue weighted by Crippen LogP contribution is -2.61. The van der Waals surface area contributed by atoms with Crippen molar-refractivity contribution in [1.82, 2.24) is 0 Å². The van der Waals surface area contributed by atoms with E-state index in [0.29, 0.717) is 17.8 Å². The zero-order chi connectivity index (χ0) is 42.8. The molecule has 0 saturated heterocycles. The summed E-state index contributed by atoms with van der Waals surface area (Å²) in [5.41, 5.74) is 25.4. The first-order valence-electron chi connectivity index (χ1n) is 22.5. The Morgan fingerprint density at radius 3 is 1.48 bits per heavy atom. The van der Waals surface area contributed by atoms with E-state index >= 15 is 0 Å². The molecule has 10 rings (SSSR count). The molecule has 0 amide bonds. The lowest BCUT2D eigenvalue weighted by atomic mass is 9.33. The molecule has 8 aromatic carbocycles. The number of hydrogen-bond donors (Lipinski definition) is 0. The highest BCUT2D eigenvalue weighted by Gasteiger charge is 2.44. The third-order valence-electron chi connectivity index (χ3n) is 13.5. The van der Waals surface area contributed by atoms with E-state index < -0.39 is 0 Å². The summed E-state index contributed by atoms with van der Waals surface area (Å²) in [6, 6.07) is 64.6. The Bertz CT molecular complexity index is 2910. The van der Waals surface area contributed by atoms with Crippen LogP contribution in [0.4, 0.5) is 34.1 Å². The van der Waals surface area contributed by atoms with Crippen molar-refractivity contribution < 1.29 is 0 Å². The van der Waals surface area contributed by atoms with E-state index in [1.54, 1.807) is 0 Å². The second-order valence-corrected chi connectivity index (χ2v) is 18.5. The molecule has 3 heteroatoms. The molecule has 0 saturated carbocycles. The van der Waals surface area contributed by atoms with Gasteiger partial charge in [0.25, 0.3) is 6.71 Å². The summed E-state index contributed by atoms with van der Waals surface area (Å²) < 4.78 is 0. The van der Waals surface area contributed by atoms with E-state index in [1.165, 1.54) is 112 Å². The highest BCUT2D eigenvalue weighted by Crippen LogP contribution is 2.48. The average molecular weight is 803 g/mol. The molecular weight excluding hydrogens is 747 g/mol. The number of hydrogen-bond acceptors (Lipinski definition) is 2. The van der Waals surface area contributed by atoms with Crippen molar-refractivity contribution in [2.45, 2.75) is 73.1 Å². The van der Waals surface area contributed by atoms with Crippen LogP contribution in [0.2, 0.25) is 0 Å². The summed E-state index contributed by atoms with van der Waals surface area (Å²) in [5, 5.41) is 0. The predicted octanol–water partition coefficient (Wildman–Crippen LogP) is 14.8. The minimum Gasteiger partial charge on any atom is -0.311 e. The SMILES string of the molecule is Cc1ccccc1-c1cc(-c2ccccc2C)cc(N2c3ccc(C(C)C)cc3B3c4ccc(-c5ccccc5)cc4N(c4ccc(C(C)C)cc4)c4cc(C(C)C)cc2c43)c1. The van der Waals surface area contributed by atoms with Gasteiger partial charge in [0.1, 0.15) is 0 Å². The second-order valence-electron chi connectivity index (χ2n) is 18.5. The molecule has 0 fully saturated rings. The van der Waals surface area contributed by atoms with Crippen LogP contribution >= 0.6 is 0 Å². The van der Waals surface area contributed by atoms with E-state index in [0.717, 1.165) is 0 Å². The Morgan fingerprint density at radius 1 is 0.355 bits per heavy atom. The molecule has 304 valence electrons. The summed E-state index contributed by atoms with van der Waals surface area (Å²) in [5.74, 6) is 1.14. The fourth-order valence-corrected chi connectivity index (χ4v) is 9.95. The van der Waals surface area contributed by atoms with Crippen molar-refractivity contribution in [3.63, 3.8) is 0 Å². The first-order valence-corrected chi connectivity index (χ1v) is 22.5. The first kappa shape index (κ1) is 39.6. The minimum absolute atomic E-state index is 0.0348. The number of rotatable bonds is 8. The molecule has 0 unspecified atom stereocenters. The number of fused-ring (bicyclic) bond motifs is 4. The van der Waals surface area contributed by atoms with Gasteiger partial charge in [-0.1, -0.05) is 157 Å². The first-order chi connectivity index (χ1) is 30.0. The van der Waals surface area contributed by atoms with Crippen molar-refractivity contribution in [2.75, 3.05) is 9.80 Å². The zero-order valence-electron chi connectivity index (χ0n) is 37.4. The fraction of sp³-hybridized carbons (Fsp3) is 0.186. The van der Waals surface area contributed by atoms with Gasteiger partial charge in [0.2, 0.25) is 0 Å². The lowest BCUT2D eigenvalue weighted by molar-refractivity contribution is 0.864. The Hall–Kier alpha value is -6.58. The molecule has 0 aliphatic carbocycles. The number of aryl methyl sites for hydroxylation is 2. The third kappa shape index (κ3) is 6.76. The zero-order valence-corrected chi connectivity index (χ0v) is 37.4. The topological polar surface area (TPSA) is 6.48 Å². The molecule has 8 aromatic rings. The fourth-order valence-electron chi connectivity index (χ4n) is 9.95. The van der Waals surface area contributed by atoms with Crippen LogP contribution in [-0.4, -0.2) is 6.71 Å². The van der Waals surface area contributed by atoms with Gasteiger partial charge in [-0.2, -0.15) is 0 Å². The van der Waals surface area contributed by atoms with Crippen LogP contribution in [0, 0.1) is 13.8 Å². The highest BCUT2D eigenvalue weighted by atomic mass is 15.2. The molecule has 2 aliphatic rings. The molecule has 0 atom stereocenters. The van der Waals surface area contributed by atoms with Gasteiger partial charge in [0.15, 0.2) is 0 Å². The van der Waals surface area contributed by atoms with Gasteiger partial charge in [0, 0.05) is 34.1 Å². The molecule has 62 heavy (non-hydrogen) atoms. The van der Waals surface area contributed by atoms with Crippen molar-refractivity contribution in [2.24, 2.45) is 0 Å². The van der Waals surface area contributed by atoms with Crippen LogP contribution in [-0.2, 0) is 0 Å². The van der Waals surface area contributed by atoms with E-state index in [4.69, 9.17) is 0 Å². The van der Waals surface area contributed by atoms with Crippen molar-refractivity contribution >= 4 is 57.2 Å². The molecule has 0 radical (unpaired) electrons. The minimum atomic E-state index is 0.0348. The maximum Gasteiger partial charge on any atom is 0.252 e. The summed E-state index contributed by atoms with van der Waals surface area (Å²) in [7, 11) is 0. The Kier molecular flexibility index (Phi) is 10.0. The molecule has 2 heterocycles. The van der Waals surface area contributed by atoms with Crippen molar-refractivity contribution in [3.8, 4) is 33.4 Å². The van der Waals surface area contributed by atoms with Gasteiger partial charge in [-0.25, -0.2) is 0 Å². The maximum absolute atomic E-state index is 2.60. The van der Waals surface area contributed by atoms with E-state index in [2.05, 4.69) is 235 Å². The molecule has 0 aromatic heterocycles. The standard InChI is InChI=1S/C59H55BN2/c1-37(2)42-22-26-49(27-23-42)61-56-34-45(43-18-10-9-11-19-43)24-28-53(56)60-54-33-44(38(3)4)25-29-55(54)62(58-36-46(39(5)6)35-57(61)59(58)60)50-31-47(51-20-14-12-16-40(51)7)30-48(32-50)52-21-15-13-17-41(52)8/h9-39H,1-8H3. The summed E-state index contributed by atoms with van der Waals surface area (Å²) in [6.07, 6.45) is 0. The number of nitrogens with zero attached hydrogens (tertiary/aromatic N) is 2. The maximum atomic E-state index is 2.60. The van der Waals surface area contributed by atoms with Crippen LogP contribution in [0.1, 0.15) is 87.1 Å². The van der Waals surface area contributed by atoms with Crippen LogP contribution in [0.3, 0.4) is 0 Å². The molecule has 0 spiro atoms. The van der Waals surface area contributed by atoms with Gasteiger partial charge < -0.3 is 9.80 Å². The molecule has 0 N–H and O–H groups in total. The number of benzene rings is 8. The van der Waals surface area contributed by atoms with Crippen LogP contribution in [0.25, 0.3) is 33.4 Å². The van der Waals surface area contributed by atoms with Crippen molar-refractivity contribution in [1.29, 1.82) is 0 Å². The monoisotopic (exact) mass is 802 g/mol. The highest BCUT2D eigenvalue weighted by molar-refractivity contribution is 7.00. The Balaban J connectivity index is 1.31. The molecule has 2 aliphatic heterocycles. The molecule has 0 bridgehead atoms. The van der Waals surface area contributed by atoms with Gasteiger partial charge in [-0.3, -0.25) is 0 Å². The van der Waals surface area contributed by atoms with E-state index in [9.17, 15) is 0 Å². The molecular formula is C59H55BN2. The summed E-state index contributed by atoms with van der Waals surface area (Å²) in [4.78, 5) is 5.18. The Morgan fingerprint density at radius 2 is 0.903 bits per heavy atom. The average Bonchev–Trinajstić information content (AvgIpc) is 3.28. The van der Waals surface area contributed by atoms with E-state index in [-0.39, 0.29) is 6.71 Å². The lowest BCUT2D eigenvalue weighted by Gasteiger charge is -2.45. The quantitative estimate of drug-likeness (QED) is 0.141. The van der Waals surface area contributed by atoms with E-state index in [1.807, 2.05) is 0 Å². The molecule has 2 nitrogen and oxygen atoms in total. The van der Waals surface area contributed by atoms with Gasteiger partial charge in [-0.05, 0) is 164 Å². The van der Waals surface area contributed by atoms with Crippen LogP contribution < -0.4 is 26.2 Å². The Labute approximate surface area is 369 Å². The summed E-state index contributed by atoms with van der Waals surface area (Å²) >= 11 is 0. The largest absolute Gasteiger partial charge is 0.311 e. The number of anilines is 6. The van der Waals surface area contributed by atoms with Gasteiger partial charge in [-0.15, -0.1) is 0 Å². The van der Waals surface area contributed by atoms with Gasteiger partial charge in [0.05, 0.1) is 0 Å². The second kappa shape index (κ2) is 15.7.